The zero-order valence-corrected chi connectivity index (χ0v) is 14.6. The third-order valence-electron chi connectivity index (χ3n) is 4.05. The molecule has 0 amide bonds. The summed E-state index contributed by atoms with van der Waals surface area (Å²) in [6, 6.07) is 19.3. The average Bonchev–Trinajstić information content (AvgIpc) is 2.66. The number of pyridine rings is 1. The molecule has 1 N–H and O–H groups in total. The fourth-order valence-electron chi connectivity index (χ4n) is 2.77. The SMILES string of the molecule is CCOC(Cc1ccccc1OCc1ccc2ccccc2n1)C(=O)O. The summed E-state index contributed by atoms with van der Waals surface area (Å²) in [7, 11) is 0. The quantitative estimate of drug-likeness (QED) is 0.668. The summed E-state index contributed by atoms with van der Waals surface area (Å²) in [6.07, 6.45) is -0.631. The normalized spacial score (nSPS) is 12.0. The number of nitrogens with zero attached hydrogens (tertiary/aromatic N) is 1. The first kappa shape index (κ1) is 17.9. The number of hydrogen-bond donors (Lipinski definition) is 1. The van der Waals surface area contributed by atoms with Crippen LogP contribution in [0.3, 0.4) is 0 Å². The summed E-state index contributed by atoms with van der Waals surface area (Å²) in [4.78, 5) is 15.9. The summed E-state index contributed by atoms with van der Waals surface area (Å²) in [5, 5.41) is 10.4. The van der Waals surface area contributed by atoms with Crippen LogP contribution in [0.1, 0.15) is 18.2 Å². The molecule has 0 aliphatic rings. The second-order valence-electron chi connectivity index (χ2n) is 5.88. The Morgan fingerprint density at radius 2 is 1.85 bits per heavy atom. The second-order valence-corrected chi connectivity index (χ2v) is 5.88. The second kappa shape index (κ2) is 8.45. The van der Waals surface area contributed by atoms with Crippen molar-refractivity contribution >= 4 is 16.9 Å². The van der Waals surface area contributed by atoms with E-state index in [4.69, 9.17) is 9.47 Å². The predicted octanol–water partition coefficient (Wildman–Crippen LogP) is 3.85. The Bertz CT molecular complexity index is 894. The van der Waals surface area contributed by atoms with E-state index >= 15 is 0 Å². The Hall–Kier alpha value is -2.92. The van der Waals surface area contributed by atoms with Crippen molar-refractivity contribution in [1.29, 1.82) is 0 Å². The fourth-order valence-corrected chi connectivity index (χ4v) is 2.77. The van der Waals surface area contributed by atoms with Crippen molar-refractivity contribution in [2.24, 2.45) is 0 Å². The van der Waals surface area contributed by atoms with Crippen LogP contribution in [0.15, 0.2) is 60.7 Å². The highest BCUT2D eigenvalue weighted by atomic mass is 16.5. The van der Waals surface area contributed by atoms with Gasteiger partial charge in [0.05, 0.1) is 11.2 Å². The Balaban J connectivity index is 1.74. The minimum atomic E-state index is -0.974. The van der Waals surface area contributed by atoms with Gasteiger partial charge in [-0.1, -0.05) is 42.5 Å². The van der Waals surface area contributed by atoms with E-state index < -0.39 is 12.1 Å². The maximum atomic E-state index is 11.3. The van der Waals surface area contributed by atoms with E-state index in [9.17, 15) is 9.90 Å². The highest BCUT2D eigenvalue weighted by Gasteiger charge is 2.20. The van der Waals surface area contributed by atoms with Gasteiger partial charge in [0.15, 0.2) is 6.10 Å². The molecule has 0 radical (unpaired) electrons. The number of rotatable bonds is 8. The zero-order valence-electron chi connectivity index (χ0n) is 14.6. The van der Waals surface area contributed by atoms with Crippen molar-refractivity contribution in [2.45, 2.75) is 26.1 Å². The Kier molecular flexibility index (Phi) is 5.81. The number of hydrogen-bond acceptors (Lipinski definition) is 4. The van der Waals surface area contributed by atoms with E-state index in [1.54, 1.807) is 6.92 Å². The predicted molar refractivity (Wildman–Crippen MR) is 99.3 cm³/mol. The number of carboxylic acids is 1. The number of fused-ring (bicyclic) bond motifs is 1. The van der Waals surface area contributed by atoms with Gasteiger partial charge >= 0.3 is 5.97 Å². The highest BCUT2D eigenvalue weighted by molar-refractivity contribution is 5.78. The molecule has 26 heavy (non-hydrogen) atoms. The van der Waals surface area contributed by atoms with Crippen molar-refractivity contribution in [3.05, 3.63) is 71.9 Å². The fraction of sp³-hybridized carbons (Fsp3) is 0.238. The molecule has 0 aliphatic carbocycles. The van der Waals surface area contributed by atoms with Gasteiger partial charge in [0.2, 0.25) is 0 Å². The van der Waals surface area contributed by atoms with Crippen LogP contribution in [0, 0.1) is 0 Å². The lowest BCUT2D eigenvalue weighted by atomic mass is 10.1. The van der Waals surface area contributed by atoms with E-state index in [0.717, 1.165) is 22.2 Å². The van der Waals surface area contributed by atoms with E-state index in [-0.39, 0.29) is 6.42 Å². The molecule has 3 rings (SSSR count). The smallest absolute Gasteiger partial charge is 0.333 e. The summed E-state index contributed by atoms with van der Waals surface area (Å²) in [5.41, 5.74) is 2.54. The maximum Gasteiger partial charge on any atom is 0.333 e. The third-order valence-corrected chi connectivity index (χ3v) is 4.05. The summed E-state index contributed by atoms with van der Waals surface area (Å²) in [5.74, 6) is -0.328. The van der Waals surface area contributed by atoms with Gasteiger partial charge in [0.1, 0.15) is 12.4 Å². The van der Waals surface area contributed by atoms with Gasteiger partial charge in [-0.05, 0) is 30.7 Å². The van der Waals surface area contributed by atoms with Gasteiger partial charge in [-0.25, -0.2) is 9.78 Å². The number of ether oxygens (including phenoxy) is 2. The monoisotopic (exact) mass is 351 g/mol. The molecule has 0 saturated carbocycles. The topological polar surface area (TPSA) is 68.7 Å². The summed E-state index contributed by atoms with van der Waals surface area (Å²) < 4.78 is 11.2. The molecule has 2 aromatic carbocycles. The van der Waals surface area contributed by atoms with E-state index in [0.29, 0.717) is 19.0 Å². The zero-order chi connectivity index (χ0) is 18.4. The number of carbonyl (C=O) groups is 1. The van der Waals surface area contributed by atoms with Gasteiger partial charge in [-0.2, -0.15) is 0 Å². The molecular weight excluding hydrogens is 330 g/mol. The number of benzene rings is 2. The van der Waals surface area contributed by atoms with Crippen LogP contribution in [0.5, 0.6) is 5.75 Å². The van der Waals surface area contributed by atoms with Crippen LogP contribution < -0.4 is 4.74 Å². The molecule has 0 bridgehead atoms. The van der Waals surface area contributed by atoms with Gasteiger partial charge in [-0.3, -0.25) is 0 Å². The summed E-state index contributed by atoms with van der Waals surface area (Å²) >= 11 is 0. The van der Waals surface area contributed by atoms with Crippen molar-refractivity contribution in [2.75, 3.05) is 6.61 Å². The molecule has 1 aromatic heterocycles. The van der Waals surface area contributed by atoms with Crippen LogP contribution >= 0.6 is 0 Å². The number of para-hydroxylation sites is 2. The summed E-state index contributed by atoms with van der Waals surface area (Å²) in [6.45, 7) is 2.44. The van der Waals surface area contributed by atoms with Crippen molar-refractivity contribution < 1.29 is 19.4 Å². The van der Waals surface area contributed by atoms with E-state index in [1.165, 1.54) is 0 Å². The molecule has 134 valence electrons. The van der Waals surface area contributed by atoms with Crippen molar-refractivity contribution in [3.8, 4) is 5.75 Å². The largest absolute Gasteiger partial charge is 0.487 e. The van der Waals surface area contributed by atoms with Gasteiger partial charge in [0.25, 0.3) is 0 Å². The Morgan fingerprint density at radius 1 is 1.08 bits per heavy atom. The van der Waals surface area contributed by atoms with E-state index in [1.807, 2.05) is 60.7 Å². The number of aromatic nitrogens is 1. The molecular formula is C21H21NO4. The molecule has 5 heteroatoms. The van der Waals surface area contributed by atoms with Crippen molar-refractivity contribution in [3.63, 3.8) is 0 Å². The lowest BCUT2D eigenvalue weighted by Crippen LogP contribution is -2.26. The lowest BCUT2D eigenvalue weighted by Gasteiger charge is -2.16. The van der Waals surface area contributed by atoms with Crippen LogP contribution in [0.4, 0.5) is 0 Å². The van der Waals surface area contributed by atoms with Crippen LogP contribution in [-0.4, -0.2) is 28.8 Å². The first-order chi connectivity index (χ1) is 12.7. The van der Waals surface area contributed by atoms with Crippen LogP contribution in [-0.2, 0) is 22.6 Å². The van der Waals surface area contributed by atoms with Gasteiger partial charge in [0, 0.05) is 18.4 Å². The molecule has 1 atom stereocenters. The molecule has 0 fully saturated rings. The Labute approximate surface area is 152 Å². The molecule has 3 aromatic rings. The average molecular weight is 351 g/mol. The molecule has 5 nitrogen and oxygen atoms in total. The van der Waals surface area contributed by atoms with Gasteiger partial charge in [-0.15, -0.1) is 0 Å². The Morgan fingerprint density at radius 3 is 2.65 bits per heavy atom. The standard InChI is InChI=1S/C21H21NO4/c1-2-25-20(21(23)24)13-16-8-4-6-10-19(16)26-14-17-12-11-15-7-3-5-9-18(15)22-17/h3-12,20H,2,13-14H2,1H3,(H,23,24). The third kappa shape index (κ3) is 4.37. The molecule has 0 aliphatic heterocycles. The minimum Gasteiger partial charge on any atom is -0.487 e. The molecule has 0 saturated heterocycles. The highest BCUT2D eigenvalue weighted by Crippen LogP contribution is 2.22. The first-order valence-corrected chi connectivity index (χ1v) is 8.57. The van der Waals surface area contributed by atoms with Crippen molar-refractivity contribution in [1.82, 2.24) is 4.98 Å². The number of carboxylic acid groups (broad SMARTS) is 1. The minimum absolute atomic E-state index is 0.254. The van der Waals surface area contributed by atoms with Crippen LogP contribution in [0.25, 0.3) is 10.9 Å². The number of aliphatic carboxylic acids is 1. The maximum absolute atomic E-state index is 11.3. The van der Waals surface area contributed by atoms with E-state index in [2.05, 4.69) is 4.98 Å². The molecule has 1 unspecified atom stereocenters. The molecule has 1 heterocycles. The van der Waals surface area contributed by atoms with Crippen LogP contribution in [0.2, 0.25) is 0 Å². The first-order valence-electron chi connectivity index (χ1n) is 8.57. The van der Waals surface area contributed by atoms with Gasteiger partial charge < -0.3 is 14.6 Å². The molecule has 0 spiro atoms. The lowest BCUT2D eigenvalue weighted by molar-refractivity contribution is -0.149.